The number of likely N-dealkylation sites (tertiary alicyclic amines) is 1. The van der Waals surface area contributed by atoms with Crippen molar-refractivity contribution in [3.05, 3.63) is 76.5 Å². The van der Waals surface area contributed by atoms with E-state index in [4.69, 9.17) is 16.1 Å². The number of benzene rings is 1. The van der Waals surface area contributed by atoms with Gasteiger partial charge in [0.25, 0.3) is 5.91 Å². The Balaban J connectivity index is 0.00000195. The number of amides is 1. The molecular weight excluding hydrogens is 501 g/mol. The van der Waals surface area contributed by atoms with E-state index in [0.717, 1.165) is 32.5 Å². The van der Waals surface area contributed by atoms with Crippen molar-refractivity contribution < 1.29 is 13.7 Å². The lowest BCUT2D eigenvalue weighted by Gasteiger charge is -2.40. The van der Waals surface area contributed by atoms with E-state index < -0.39 is 0 Å². The summed E-state index contributed by atoms with van der Waals surface area (Å²) in [6.07, 6.45) is 12.3. The van der Waals surface area contributed by atoms with Crippen LogP contribution in [0.25, 0.3) is 0 Å². The van der Waals surface area contributed by atoms with Crippen LogP contribution in [-0.2, 0) is 18.3 Å². The Kier molecular flexibility index (Phi) is 12.1. The molecule has 2 aliphatic rings. The number of hydrogen-bond donors (Lipinski definition) is 1. The molecule has 1 aliphatic carbocycles. The largest absolute Gasteiger partial charge is 0.361 e. The number of piperidine rings is 1. The second-order valence-electron chi connectivity index (χ2n) is 9.99. The van der Waals surface area contributed by atoms with Crippen molar-refractivity contribution >= 4 is 17.5 Å². The molecular formula is C31H43ClFN3O2. The Labute approximate surface area is 232 Å². The highest BCUT2D eigenvalue weighted by atomic mass is 35.5. The summed E-state index contributed by atoms with van der Waals surface area (Å²) < 4.78 is 19.4. The molecule has 1 fully saturated rings. The van der Waals surface area contributed by atoms with E-state index in [1.165, 1.54) is 31.8 Å². The van der Waals surface area contributed by atoms with Crippen molar-refractivity contribution in [2.24, 2.45) is 0 Å². The second kappa shape index (κ2) is 15.2. The van der Waals surface area contributed by atoms with Gasteiger partial charge >= 0.3 is 0 Å². The van der Waals surface area contributed by atoms with E-state index in [1.807, 2.05) is 13.8 Å². The third kappa shape index (κ3) is 7.79. The molecule has 2 aromatic rings. The van der Waals surface area contributed by atoms with Crippen LogP contribution in [0.4, 0.5) is 4.39 Å². The molecule has 0 bridgehead atoms. The van der Waals surface area contributed by atoms with Crippen LogP contribution >= 0.6 is 11.6 Å². The van der Waals surface area contributed by atoms with Gasteiger partial charge in [0.2, 0.25) is 0 Å². The lowest BCUT2D eigenvalue weighted by atomic mass is 9.74. The highest BCUT2D eigenvalue weighted by Gasteiger charge is 2.40. The molecule has 208 valence electrons. The molecule has 0 atom stereocenters. The molecule has 0 radical (unpaired) electrons. The van der Waals surface area contributed by atoms with E-state index >= 15 is 0 Å². The van der Waals surface area contributed by atoms with Gasteiger partial charge in [-0.2, -0.15) is 0 Å². The maximum atomic E-state index is 14.2. The van der Waals surface area contributed by atoms with Crippen molar-refractivity contribution in [2.45, 2.75) is 77.6 Å². The summed E-state index contributed by atoms with van der Waals surface area (Å²) in [7, 11) is 0. The van der Waals surface area contributed by atoms with Gasteiger partial charge in [0.05, 0.1) is 0 Å². The van der Waals surface area contributed by atoms with E-state index in [9.17, 15) is 9.18 Å². The summed E-state index contributed by atoms with van der Waals surface area (Å²) in [5.74, 6) is 0.211. The highest BCUT2D eigenvalue weighted by molar-refractivity contribution is 6.18. The second-order valence-corrected chi connectivity index (χ2v) is 10.3. The van der Waals surface area contributed by atoms with Crippen molar-refractivity contribution in [1.29, 1.82) is 0 Å². The summed E-state index contributed by atoms with van der Waals surface area (Å²) in [6, 6.07) is 8.99. The monoisotopic (exact) mass is 543 g/mol. The number of nitrogens with zero attached hydrogens (tertiary/aromatic N) is 2. The van der Waals surface area contributed by atoms with Crippen molar-refractivity contribution in [3.63, 3.8) is 0 Å². The normalized spacial score (nSPS) is 16.9. The molecule has 1 aromatic carbocycles. The number of rotatable bonds is 11. The molecule has 38 heavy (non-hydrogen) atoms. The first-order valence-corrected chi connectivity index (χ1v) is 14.7. The van der Waals surface area contributed by atoms with Gasteiger partial charge in [-0.1, -0.05) is 55.4 Å². The van der Waals surface area contributed by atoms with Crippen LogP contribution in [0.3, 0.4) is 0 Å². The van der Waals surface area contributed by atoms with Crippen LogP contribution in [0, 0.1) is 6.92 Å². The first-order valence-electron chi connectivity index (χ1n) is 14.1. The standard InChI is InChI=1S/C29H37ClFN3O2.C2H6/c1-22-27(26(33-36-22)21-24(31)10-3-2-6-16-30)28(35)32-17-7-8-18-34-19-14-29(15-20-34)13-12-23-9-4-5-11-25(23)29;1-2/h2,4-6,9-11H,3,7-8,12-21H2,1H3,(H,32,35);1-2H3/b6-2-,24-10+;. The van der Waals surface area contributed by atoms with E-state index in [1.54, 1.807) is 30.2 Å². The van der Waals surface area contributed by atoms with E-state index in [0.29, 0.717) is 41.3 Å². The number of aromatic nitrogens is 1. The minimum absolute atomic E-state index is 0.0598. The first kappa shape index (κ1) is 30.1. The Bertz CT molecular complexity index is 1090. The van der Waals surface area contributed by atoms with Gasteiger partial charge in [-0.25, -0.2) is 4.39 Å². The third-order valence-corrected chi connectivity index (χ3v) is 7.87. The van der Waals surface area contributed by atoms with E-state index in [2.05, 4.69) is 39.6 Å². The van der Waals surface area contributed by atoms with E-state index in [-0.39, 0.29) is 18.2 Å². The quantitative estimate of drug-likeness (QED) is 0.187. The Morgan fingerprint density at radius 3 is 2.71 bits per heavy atom. The lowest BCUT2D eigenvalue weighted by molar-refractivity contribution is 0.0949. The third-order valence-electron chi connectivity index (χ3n) is 7.69. The van der Waals surface area contributed by atoms with Crippen LogP contribution in [0.15, 0.2) is 52.8 Å². The summed E-state index contributed by atoms with van der Waals surface area (Å²) in [5, 5.41) is 6.87. The molecule has 2 heterocycles. The van der Waals surface area contributed by atoms with Gasteiger partial charge in [0.1, 0.15) is 22.8 Å². The maximum Gasteiger partial charge on any atom is 0.256 e. The number of halogens is 2. The van der Waals surface area contributed by atoms with Crippen LogP contribution in [0.2, 0.25) is 0 Å². The van der Waals surface area contributed by atoms with Gasteiger partial charge in [-0.05, 0) is 94.1 Å². The topological polar surface area (TPSA) is 58.4 Å². The Hall–Kier alpha value is -2.44. The molecule has 1 N–H and O–H groups in total. The fourth-order valence-electron chi connectivity index (χ4n) is 5.66. The smallest absolute Gasteiger partial charge is 0.256 e. The predicted octanol–water partition coefficient (Wildman–Crippen LogP) is 7.08. The predicted molar refractivity (Wildman–Crippen MR) is 154 cm³/mol. The van der Waals surface area contributed by atoms with Crippen molar-refractivity contribution in [3.8, 4) is 0 Å². The number of hydrogen-bond acceptors (Lipinski definition) is 4. The summed E-state index contributed by atoms with van der Waals surface area (Å²) >= 11 is 5.57. The lowest BCUT2D eigenvalue weighted by Crippen LogP contribution is -2.42. The summed E-state index contributed by atoms with van der Waals surface area (Å²) in [5.41, 5.74) is 4.20. The molecule has 7 heteroatoms. The fraction of sp³-hybridized carbons (Fsp3) is 0.548. The molecule has 4 rings (SSSR count). The summed E-state index contributed by atoms with van der Waals surface area (Å²) in [6.45, 7) is 9.60. The fourth-order valence-corrected chi connectivity index (χ4v) is 5.78. The minimum atomic E-state index is -0.346. The molecule has 5 nitrogen and oxygen atoms in total. The number of fused-ring (bicyclic) bond motifs is 2. The highest BCUT2D eigenvalue weighted by Crippen LogP contribution is 2.46. The number of nitrogens with one attached hydrogen (secondary N) is 1. The Morgan fingerprint density at radius 2 is 1.95 bits per heavy atom. The number of allylic oxidation sites excluding steroid dienone is 4. The van der Waals surface area contributed by atoms with Crippen LogP contribution in [0.1, 0.15) is 85.3 Å². The molecule has 1 saturated heterocycles. The molecule has 1 aromatic heterocycles. The van der Waals surface area contributed by atoms with Crippen LogP contribution in [0.5, 0.6) is 0 Å². The number of alkyl halides is 1. The minimum Gasteiger partial charge on any atom is -0.361 e. The molecule has 0 saturated carbocycles. The van der Waals surface area contributed by atoms with Gasteiger partial charge in [0, 0.05) is 18.8 Å². The molecule has 1 spiro atoms. The number of aryl methyl sites for hydroxylation is 2. The summed E-state index contributed by atoms with van der Waals surface area (Å²) in [4.78, 5) is 15.3. The van der Waals surface area contributed by atoms with Crippen molar-refractivity contribution in [2.75, 3.05) is 32.1 Å². The van der Waals surface area contributed by atoms with Crippen molar-refractivity contribution in [1.82, 2.24) is 15.4 Å². The zero-order chi connectivity index (χ0) is 27.4. The molecule has 0 unspecified atom stereocenters. The Morgan fingerprint density at radius 1 is 1.18 bits per heavy atom. The zero-order valence-electron chi connectivity index (χ0n) is 23.2. The number of carbonyl (C=O) groups is 1. The van der Waals surface area contributed by atoms with Crippen LogP contribution in [-0.4, -0.2) is 48.0 Å². The number of unbranched alkanes of at least 4 members (excludes halogenated alkanes) is 1. The zero-order valence-corrected chi connectivity index (χ0v) is 24.0. The van der Waals surface area contributed by atoms with Crippen LogP contribution < -0.4 is 5.32 Å². The maximum absolute atomic E-state index is 14.2. The first-order chi connectivity index (χ1) is 18.5. The van der Waals surface area contributed by atoms with Gasteiger partial charge in [0.15, 0.2) is 0 Å². The number of carbonyl (C=O) groups excluding carboxylic acids is 1. The van der Waals surface area contributed by atoms with Gasteiger partial charge in [-0.3, -0.25) is 4.79 Å². The molecule has 1 aliphatic heterocycles. The SMILES string of the molecule is CC.Cc1onc(C/C(F)=C\C/C=C\CCl)c1C(=O)NCCCCN1CCC2(CCc3ccccc32)CC1. The average Bonchev–Trinajstić information content (AvgIpc) is 3.49. The average molecular weight is 544 g/mol. The molecule has 1 amide bonds. The van der Waals surface area contributed by atoms with Gasteiger partial charge in [-0.15, -0.1) is 11.6 Å². The van der Waals surface area contributed by atoms with Gasteiger partial charge < -0.3 is 14.7 Å².